The number of hydroxylamine groups is 2. The summed E-state index contributed by atoms with van der Waals surface area (Å²) >= 11 is 0. The number of hydrogen-bond acceptors (Lipinski definition) is 3. The second kappa shape index (κ2) is 2.91. The average Bonchev–Trinajstić information content (AvgIpc) is 2.70. The number of rotatable bonds is 1. The Hall–Kier alpha value is -1.81. The molecule has 1 aliphatic rings. The molecule has 0 spiro atoms. The third-order valence-electron chi connectivity index (χ3n) is 1.78. The molecule has 0 aromatic carbocycles. The van der Waals surface area contributed by atoms with Crippen LogP contribution in [0.4, 0.5) is 0 Å². The standard InChI is InChI=1S/C9H8N2O2/c12-9-3-5-11(13)8(9)6-7-2-1-4-10-7/h1-6,10,13H/b8-6+. The number of ketones is 1. The molecule has 66 valence electrons. The second-order valence-electron chi connectivity index (χ2n) is 2.68. The fourth-order valence-electron chi connectivity index (χ4n) is 1.14. The number of allylic oxidation sites excluding steroid dienone is 1. The van der Waals surface area contributed by atoms with Crippen molar-refractivity contribution in [2.24, 2.45) is 0 Å². The first-order valence-corrected chi connectivity index (χ1v) is 3.83. The lowest BCUT2D eigenvalue weighted by Gasteiger charge is -2.06. The van der Waals surface area contributed by atoms with E-state index in [9.17, 15) is 10.0 Å². The minimum Gasteiger partial charge on any atom is -0.362 e. The molecule has 0 bridgehead atoms. The predicted octanol–water partition coefficient (Wildman–Crippen LogP) is 1.14. The van der Waals surface area contributed by atoms with Crippen LogP contribution in [0.5, 0.6) is 0 Å². The highest BCUT2D eigenvalue weighted by molar-refractivity contribution is 6.08. The van der Waals surface area contributed by atoms with Crippen LogP contribution in [0.15, 0.2) is 36.3 Å². The van der Waals surface area contributed by atoms with Gasteiger partial charge >= 0.3 is 0 Å². The fraction of sp³-hybridized carbons (Fsp3) is 0. The Morgan fingerprint density at radius 2 is 2.38 bits per heavy atom. The smallest absolute Gasteiger partial charge is 0.206 e. The molecule has 2 heterocycles. The van der Waals surface area contributed by atoms with Gasteiger partial charge in [-0.3, -0.25) is 10.0 Å². The molecular formula is C9H8N2O2. The molecule has 0 aliphatic carbocycles. The highest BCUT2D eigenvalue weighted by Gasteiger charge is 2.17. The van der Waals surface area contributed by atoms with Gasteiger partial charge in [-0.15, -0.1) is 0 Å². The van der Waals surface area contributed by atoms with Gasteiger partial charge in [0.2, 0.25) is 5.78 Å². The maximum absolute atomic E-state index is 11.1. The Labute approximate surface area is 74.7 Å². The third kappa shape index (κ3) is 1.39. The Balaban J connectivity index is 2.31. The highest BCUT2D eigenvalue weighted by atomic mass is 16.5. The van der Waals surface area contributed by atoms with Crippen LogP contribution in [0.25, 0.3) is 6.08 Å². The summed E-state index contributed by atoms with van der Waals surface area (Å²) in [5.74, 6) is -0.197. The third-order valence-corrected chi connectivity index (χ3v) is 1.78. The lowest BCUT2D eigenvalue weighted by Crippen LogP contribution is -2.10. The number of hydrogen-bond donors (Lipinski definition) is 2. The summed E-state index contributed by atoms with van der Waals surface area (Å²) < 4.78 is 0. The largest absolute Gasteiger partial charge is 0.362 e. The fourth-order valence-corrected chi connectivity index (χ4v) is 1.14. The van der Waals surface area contributed by atoms with Crippen LogP contribution in [0.1, 0.15) is 5.69 Å². The van der Waals surface area contributed by atoms with E-state index in [0.29, 0.717) is 0 Å². The molecule has 4 heteroatoms. The summed E-state index contributed by atoms with van der Waals surface area (Å²) in [5, 5.41) is 10.0. The van der Waals surface area contributed by atoms with Gasteiger partial charge in [-0.2, -0.15) is 0 Å². The van der Waals surface area contributed by atoms with Crippen LogP contribution in [0.2, 0.25) is 0 Å². The number of carbonyl (C=O) groups excluding carboxylic acids is 1. The highest BCUT2D eigenvalue weighted by Crippen LogP contribution is 2.15. The number of nitrogens with one attached hydrogen (secondary N) is 1. The van der Waals surface area contributed by atoms with Gasteiger partial charge in [0.25, 0.3) is 0 Å². The lowest BCUT2D eigenvalue weighted by molar-refractivity contribution is -0.114. The van der Waals surface area contributed by atoms with Crippen molar-refractivity contribution < 1.29 is 10.0 Å². The Morgan fingerprint density at radius 1 is 1.54 bits per heavy atom. The molecule has 1 aromatic heterocycles. The van der Waals surface area contributed by atoms with Crippen LogP contribution < -0.4 is 0 Å². The average molecular weight is 176 g/mol. The van der Waals surface area contributed by atoms with Crippen LogP contribution in [0, 0.1) is 0 Å². The van der Waals surface area contributed by atoms with Gasteiger partial charge in [0.1, 0.15) is 5.70 Å². The molecule has 2 N–H and O–H groups in total. The minimum absolute atomic E-state index is 0.197. The van der Waals surface area contributed by atoms with Crippen molar-refractivity contribution >= 4 is 11.9 Å². The summed E-state index contributed by atoms with van der Waals surface area (Å²) in [6, 6.07) is 3.63. The van der Waals surface area contributed by atoms with Crippen molar-refractivity contribution in [3.63, 3.8) is 0 Å². The van der Waals surface area contributed by atoms with E-state index in [1.165, 1.54) is 12.3 Å². The van der Waals surface area contributed by atoms with E-state index in [-0.39, 0.29) is 11.5 Å². The number of carbonyl (C=O) groups is 1. The Bertz CT molecular complexity index is 376. The molecule has 0 radical (unpaired) electrons. The molecule has 0 unspecified atom stereocenters. The normalized spacial score (nSPS) is 19.0. The molecule has 0 saturated heterocycles. The summed E-state index contributed by atoms with van der Waals surface area (Å²) in [4.78, 5) is 14.1. The first-order valence-electron chi connectivity index (χ1n) is 3.83. The van der Waals surface area contributed by atoms with E-state index in [2.05, 4.69) is 4.98 Å². The van der Waals surface area contributed by atoms with Crippen LogP contribution in [0.3, 0.4) is 0 Å². The van der Waals surface area contributed by atoms with E-state index in [4.69, 9.17) is 0 Å². The summed E-state index contributed by atoms with van der Waals surface area (Å²) in [7, 11) is 0. The summed E-state index contributed by atoms with van der Waals surface area (Å²) in [5.41, 5.74) is 1.04. The zero-order chi connectivity index (χ0) is 9.26. The molecule has 13 heavy (non-hydrogen) atoms. The van der Waals surface area contributed by atoms with Gasteiger partial charge in [-0.1, -0.05) is 0 Å². The van der Waals surface area contributed by atoms with Gasteiger partial charge in [0.05, 0.1) is 0 Å². The number of nitrogens with zero attached hydrogens (tertiary/aromatic N) is 1. The van der Waals surface area contributed by atoms with Crippen molar-refractivity contribution in [1.29, 1.82) is 0 Å². The number of aromatic nitrogens is 1. The van der Waals surface area contributed by atoms with Gasteiger partial charge in [0.15, 0.2) is 0 Å². The molecule has 0 atom stereocenters. The molecule has 0 saturated carbocycles. The van der Waals surface area contributed by atoms with Crippen molar-refractivity contribution in [2.45, 2.75) is 0 Å². The predicted molar refractivity (Wildman–Crippen MR) is 46.5 cm³/mol. The summed E-state index contributed by atoms with van der Waals surface area (Å²) in [6.45, 7) is 0. The molecule has 1 aliphatic heterocycles. The van der Waals surface area contributed by atoms with Gasteiger partial charge in [-0.05, 0) is 18.2 Å². The first-order chi connectivity index (χ1) is 6.27. The minimum atomic E-state index is -0.197. The lowest BCUT2D eigenvalue weighted by atomic mass is 10.2. The van der Waals surface area contributed by atoms with Gasteiger partial charge in [0, 0.05) is 24.2 Å². The zero-order valence-electron chi connectivity index (χ0n) is 6.77. The van der Waals surface area contributed by atoms with Crippen molar-refractivity contribution in [2.75, 3.05) is 0 Å². The van der Waals surface area contributed by atoms with Crippen molar-refractivity contribution in [3.05, 3.63) is 42.0 Å². The van der Waals surface area contributed by atoms with E-state index < -0.39 is 0 Å². The van der Waals surface area contributed by atoms with E-state index in [1.807, 2.05) is 12.1 Å². The Kier molecular flexibility index (Phi) is 1.75. The van der Waals surface area contributed by atoms with Crippen LogP contribution >= 0.6 is 0 Å². The topological polar surface area (TPSA) is 56.3 Å². The molecule has 1 aromatic rings. The van der Waals surface area contributed by atoms with Crippen molar-refractivity contribution in [3.8, 4) is 0 Å². The summed E-state index contributed by atoms with van der Waals surface area (Å²) in [6.07, 6.45) is 5.97. The van der Waals surface area contributed by atoms with Crippen molar-refractivity contribution in [1.82, 2.24) is 10.0 Å². The zero-order valence-corrected chi connectivity index (χ0v) is 6.77. The number of aromatic amines is 1. The van der Waals surface area contributed by atoms with Crippen LogP contribution in [-0.2, 0) is 4.79 Å². The monoisotopic (exact) mass is 176 g/mol. The quantitative estimate of drug-likeness (QED) is 0.631. The number of H-pyrrole nitrogens is 1. The molecule has 2 rings (SSSR count). The van der Waals surface area contributed by atoms with E-state index in [0.717, 1.165) is 10.8 Å². The second-order valence-corrected chi connectivity index (χ2v) is 2.68. The van der Waals surface area contributed by atoms with E-state index in [1.54, 1.807) is 12.3 Å². The molecule has 0 fully saturated rings. The maximum Gasteiger partial charge on any atom is 0.206 e. The molecule has 4 nitrogen and oxygen atoms in total. The first kappa shape index (κ1) is 7.82. The van der Waals surface area contributed by atoms with E-state index >= 15 is 0 Å². The molecule has 0 amide bonds. The molecular weight excluding hydrogens is 168 g/mol. The SMILES string of the molecule is O=C1C=CN(O)/C1=C/c1ccc[nH]1. The van der Waals surface area contributed by atoms with Crippen LogP contribution in [-0.4, -0.2) is 21.0 Å². The van der Waals surface area contributed by atoms with Gasteiger partial charge in [-0.25, -0.2) is 5.06 Å². The maximum atomic E-state index is 11.1. The Morgan fingerprint density at radius 3 is 2.92 bits per heavy atom. The van der Waals surface area contributed by atoms with Gasteiger partial charge < -0.3 is 4.98 Å².